The molecule has 2 aromatic rings. The van der Waals surface area contributed by atoms with E-state index in [-0.39, 0.29) is 34.5 Å². The number of H-pyrrole nitrogens is 1. The van der Waals surface area contributed by atoms with E-state index in [0.717, 1.165) is 12.1 Å². The number of aromatic amines is 1. The Bertz CT molecular complexity index is 1120. The molecule has 0 radical (unpaired) electrons. The molecule has 2 N–H and O–H groups in total. The average molecular weight is 559 g/mol. The molecular formula is C23H29BrF2N4O5. The van der Waals surface area contributed by atoms with E-state index in [1.54, 1.807) is 0 Å². The van der Waals surface area contributed by atoms with Gasteiger partial charge in [-0.05, 0) is 62.2 Å². The number of anilines is 1. The number of carbonyl (C=O) groups excluding carboxylic acids is 2. The van der Waals surface area contributed by atoms with Crippen molar-refractivity contribution in [3.05, 3.63) is 50.2 Å². The molecule has 0 bridgehead atoms. The average Bonchev–Trinajstić information content (AvgIpc) is 2.74. The Balaban J connectivity index is 2.08. The lowest BCUT2D eigenvalue weighted by atomic mass is 10.1. The molecule has 12 heteroatoms. The van der Waals surface area contributed by atoms with Gasteiger partial charge in [0.15, 0.2) is 5.60 Å². The van der Waals surface area contributed by atoms with Crippen LogP contribution in [0.4, 0.5) is 14.7 Å². The molecule has 0 aliphatic rings. The van der Waals surface area contributed by atoms with E-state index in [0.29, 0.717) is 19.5 Å². The molecule has 1 amide bonds. The Labute approximate surface area is 210 Å². The Hall–Kier alpha value is -3.02. The van der Waals surface area contributed by atoms with Crippen LogP contribution in [-0.2, 0) is 20.9 Å². The number of esters is 1. The predicted molar refractivity (Wildman–Crippen MR) is 129 cm³/mol. The monoisotopic (exact) mass is 558 g/mol. The van der Waals surface area contributed by atoms with E-state index in [1.165, 1.54) is 26.8 Å². The van der Waals surface area contributed by atoms with E-state index in [2.05, 4.69) is 31.2 Å². The largest absolute Gasteiger partial charge is 0.472 e. The number of nitrogens with zero attached hydrogens (tertiary/aromatic N) is 2. The summed E-state index contributed by atoms with van der Waals surface area (Å²) in [7, 11) is 0. The molecule has 9 nitrogen and oxygen atoms in total. The highest BCUT2D eigenvalue weighted by Crippen LogP contribution is 2.23. The highest BCUT2D eigenvalue weighted by molar-refractivity contribution is 9.10. The summed E-state index contributed by atoms with van der Waals surface area (Å²) in [5.41, 5.74) is -1.68. The summed E-state index contributed by atoms with van der Waals surface area (Å²) in [4.78, 5) is 44.7. The fourth-order valence-electron chi connectivity index (χ4n) is 3.12. The van der Waals surface area contributed by atoms with E-state index in [1.807, 2.05) is 18.7 Å². The second-order valence-corrected chi connectivity index (χ2v) is 9.33. The van der Waals surface area contributed by atoms with Crippen molar-refractivity contribution in [3.63, 3.8) is 0 Å². The standard InChI is InChI=1S/C23H29BrF2N4O5/c1-13(2)30(10-6-9-27-21(33)23(4,5)35-14(3)31)22-28-19(32)18(24)20(29-22)34-12-15-7-8-16(25)11-17(15)26/h7-8,11,13H,6,9-10,12H2,1-5H3,(H,27,33)(H,28,29,32). The minimum absolute atomic E-state index is 0.0347. The summed E-state index contributed by atoms with van der Waals surface area (Å²) in [6.45, 7) is 8.49. The van der Waals surface area contributed by atoms with Gasteiger partial charge >= 0.3 is 5.97 Å². The summed E-state index contributed by atoms with van der Waals surface area (Å²) in [5.74, 6) is -2.27. The fourth-order valence-corrected chi connectivity index (χ4v) is 3.42. The number of ether oxygens (including phenoxy) is 2. The first kappa shape index (κ1) is 28.2. The van der Waals surface area contributed by atoms with Crippen LogP contribution in [0.25, 0.3) is 0 Å². The Kier molecular flexibility index (Phi) is 9.75. The third kappa shape index (κ3) is 8.01. The number of halogens is 3. The molecule has 0 saturated carbocycles. The third-order valence-corrected chi connectivity index (χ3v) is 5.60. The second-order valence-electron chi connectivity index (χ2n) is 8.53. The van der Waals surface area contributed by atoms with Crippen LogP contribution in [0.3, 0.4) is 0 Å². The summed E-state index contributed by atoms with van der Waals surface area (Å²) in [6.07, 6.45) is 0.497. The van der Waals surface area contributed by atoms with E-state index in [4.69, 9.17) is 9.47 Å². The molecule has 1 aromatic carbocycles. The van der Waals surface area contributed by atoms with Crippen LogP contribution in [0.1, 0.15) is 46.6 Å². The van der Waals surface area contributed by atoms with Gasteiger partial charge in [-0.15, -0.1) is 0 Å². The van der Waals surface area contributed by atoms with E-state index < -0.39 is 34.7 Å². The molecule has 192 valence electrons. The van der Waals surface area contributed by atoms with Crippen LogP contribution in [0.15, 0.2) is 27.5 Å². The number of benzene rings is 1. The van der Waals surface area contributed by atoms with Crippen LogP contribution in [0, 0.1) is 11.6 Å². The fraction of sp³-hybridized carbons (Fsp3) is 0.478. The van der Waals surface area contributed by atoms with Gasteiger partial charge in [-0.1, -0.05) is 0 Å². The van der Waals surface area contributed by atoms with Crippen molar-refractivity contribution in [1.82, 2.24) is 15.3 Å². The van der Waals surface area contributed by atoms with Crippen molar-refractivity contribution < 1.29 is 27.8 Å². The number of nitrogens with one attached hydrogen (secondary N) is 2. The first-order valence-electron chi connectivity index (χ1n) is 10.9. The van der Waals surface area contributed by atoms with Crippen LogP contribution in [0.5, 0.6) is 5.88 Å². The molecular weight excluding hydrogens is 530 g/mol. The maximum absolute atomic E-state index is 13.9. The van der Waals surface area contributed by atoms with Crippen molar-refractivity contribution in [2.24, 2.45) is 0 Å². The molecule has 0 aliphatic heterocycles. The van der Waals surface area contributed by atoms with Crippen LogP contribution in [0.2, 0.25) is 0 Å². The van der Waals surface area contributed by atoms with Gasteiger partial charge in [-0.2, -0.15) is 4.98 Å². The molecule has 2 rings (SSSR count). The quantitative estimate of drug-likeness (QED) is 0.320. The Morgan fingerprint density at radius 3 is 2.57 bits per heavy atom. The molecule has 0 fully saturated rings. The van der Waals surface area contributed by atoms with Crippen molar-refractivity contribution in [2.75, 3.05) is 18.0 Å². The van der Waals surface area contributed by atoms with Gasteiger partial charge in [0, 0.05) is 37.7 Å². The normalized spacial score (nSPS) is 11.3. The third-order valence-electron chi connectivity index (χ3n) is 4.90. The van der Waals surface area contributed by atoms with Crippen LogP contribution in [-0.4, -0.2) is 46.6 Å². The minimum Gasteiger partial charge on any atom is -0.472 e. The predicted octanol–water partition coefficient (Wildman–Crippen LogP) is 3.45. The van der Waals surface area contributed by atoms with Gasteiger partial charge in [0.2, 0.25) is 11.8 Å². The molecule has 0 saturated heterocycles. The summed E-state index contributed by atoms with van der Waals surface area (Å²) < 4.78 is 37.7. The number of hydrogen-bond acceptors (Lipinski definition) is 7. The minimum atomic E-state index is -1.29. The lowest BCUT2D eigenvalue weighted by Gasteiger charge is -2.28. The van der Waals surface area contributed by atoms with Crippen LogP contribution >= 0.6 is 15.9 Å². The van der Waals surface area contributed by atoms with Gasteiger partial charge in [-0.25, -0.2) is 8.78 Å². The number of rotatable bonds is 11. The number of carbonyl (C=O) groups is 2. The molecule has 1 aromatic heterocycles. The maximum Gasteiger partial charge on any atom is 0.303 e. The number of hydrogen-bond donors (Lipinski definition) is 2. The molecule has 1 heterocycles. The SMILES string of the molecule is CC(=O)OC(C)(C)C(=O)NCCCN(c1nc(OCc2ccc(F)cc2F)c(Br)c(=O)[nH]1)C(C)C. The van der Waals surface area contributed by atoms with Gasteiger partial charge in [-0.3, -0.25) is 19.4 Å². The van der Waals surface area contributed by atoms with Gasteiger partial charge < -0.3 is 19.7 Å². The first-order valence-corrected chi connectivity index (χ1v) is 11.7. The molecule has 35 heavy (non-hydrogen) atoms. The maximum atomic E-state index is 13.9. The van der Waals surface area contributed by atoms with Crippen molar-refractivity contribution in [2.45, 2.75) is 59.3 Å². The topological polar surface area (TPSA) is 114 Å². The smallest absolute Gasteiger partial charge is 0.303 e. The number of aromatic nitrogens is 2. The van der Waals surface area contributed by atoms with E-state index in [9.17, 15) is 23.2 Å². The zero-order valence-corrected chi connectivity index (χ0v) is 21.8. The van der Waals surface area contributed by atoms with Crippen LogP contribution < -0.4 is 20.5 Å². The Morgan fingerprint density at radius 1 is 1.29 bits per heavy atom. The molecule has 0 spiro atoms. The second kappa shape index (κ2) is 12.1. The van der Waals surface area contributed by atoms with Crippen molar-refractivity contribution in [1.29, 1.82) is 0 Å². The summed E-state index contributed by atoms with van der Waals surface area (Å²) in [5, 5.41) is 2.72. The summed E-state index contributed by atoms with van der Waals surface area (Å²) >= 11 is 3.13. The first-order chi connectivity index (χ1) is 16.3. The lowest BCUT2D eigenvalue weighted by molar-refractivity contribution is -0.162. The molecule has 0 aliphatic carbocycles. The zero-order valence-electron chi connectivity index (χ0n) is 20.2. The van der Waals surface area contributed by atoms with Gasteiger partial charge in [0.05, 0.1) is 0 Å². The highest BCUT2D eigenvalue weighted by Gasteiger charge is 2.30. The molecule has 0 unspecified atom stereocenters. The Morgan fingerprint density at radius 2 is 1.97 bits per heavy atom. The number of amides is 1. The lowest BCUT2D eigenvalue weighted by Crippen LogP contribution is -2.46. The zero-order chi connectivity index (χ0) is 26.3. The summed E-state index contributed by atoms with van der Waals surface area (Å²) in [6, 6.07) is 3.04. The van der Waals surface area contributed by atoms with Gasteiger partial charge in [0.1, 0.15) is 22.7 Å². The van der Waals surface area contributed by atoms with Gasteiger partial charge in [0.25, 0.3) is 11.5 Å². The highest BCUT2D eigenvalue weighted by atomic mass is 79.9. The van der Waals surface area contributed by atoms with Crippen molar-refractivity contribution in [3.8, 4) is 5.88 Å². The van der Waals surface area contributed by atoms with E-state index >= 15 is 0 Å². The van der Waals surface area contributed by atoms with Crippen molar-refractivity contribution >= 4 is 33.8 Å². The molecule has 0 atom stereocenters.